The van der Waals surface area contributed by atoms with Gasteiger partial charge >= 0.3 is 0 Å². The van der Waals surface area contributed by atoms with Gasteiger partial charge in [0, 0.05) is 25.2 Å². The number of nitrogens with one attached hydrogen (secondary N) is 1. The molecule has 2 heterocycles. The second kappa shape index (κ2) is 7.68. The van der Waals surface area contributed by atoms with E-state index in [4.69, 9.17) is 9.78 Å². The van der Waals surface area contributed by atoms with Crippen LogP contribution in [0.2, 0.25) is 0 Å². The van der Waals surface area contributed by atoms with E-state index in [0.717, 1.165) is 23.6 Å². The summed E-state index contributed by atoms with van der Waals surface area (Å²) in [5, 5.41) is 26.4. The minimum Gasteiger partial charge on any atom is -0.390 e. The van der Waals surface area contributed by atoms with E-state index in [1.165, 1.54) is 0 Å². The minimum atomic E-state index is -0.678. The van der Waals surface area contributed by atoms with E-state index in [9.17, 15) is 9.90 Å². The van der Waals surface area contributed by atoms with Crippen molar-refractivity contribution in [3.8, 4) is 6.07 Å². The number of carbonyl (C=O) groups is 1. The number of β-amino-alcohol motifs (C(OH)–C–C–N with tert-alkyl or cyclic N) is 1. The Bertz CT molecular complexity index is 820. The third-order valence-corrected chi connectivity index (χ3v) is 4.84. The number of aryl methyl sites for hydroxylation is 2. The number of piperidine rings is 1. The summed E-state index contributed by atoms with van der Waals surface area (Å²) >= 11 is 0. The van der Waals surface area contributed by atoms with Crippen LogP contribution in [0.4, 0.5) is 0 Å². The molecule has 3 rings (SSSR count). The van der Waals surface area contributed by atoms with Gasteiger partial charge in [-0.05, 0) is 32.4 Å². The van der Waals surface area contributed by atoms with E-state index >= 15 is 0 Å². The van der Waals surface area contributed by atoms with Gasteiger partial charge in [-0.3, -0.25) is 9.69 Å². The fraction of sp³-hybridized carbons (Fsp3) is 0.421. The quantitative estimate of drug-likeness (QED) is 0.863. The molecule has 1 amide bonds. The normalized spacial score (nSPS) is 20.5. The SMILES string of the molecule is Cc1noc(C)c1CN1CC[C@H](NC(=O)c2ccccc2C#N)[C@@H](O)C1. The van der Waals surface area contributed by atoms with Crippen molar-refractivity contribution in [2.75, 3.05) is 13.1 Å². The molecule has 0 saturated carbocycles. The number of hydrogen-bond acceptors (Lipinski definition) is 6. The number of hydrogen-bond donors (Lipinski definition) is 2. The van der Waals surface area contributed by atoms with Crippen LogP contribution in [0.15, 0.2) is 28.8 Å². The average Bonchev–Trinajstić information content (AvgIpc) is 2.95. The van der Waals surface area contributed by atoms with Crippen molar-refractivity contribution in [1.29, 1.82) is 5.26 Å². The first-order valence-electron chi connectivity index (χ1n) is 8.61. The first-order valence-corrected chi connectivity index (χ1v) is 8.61. The Morgan fingerprint density at radius 1 is 1.46 bits per heavy atom. The zero-order chi connectivity index (χ0) is 18.7. The number of aliphatic hydroxyl groups is 1. The maximum atomic E-state index is 12.5. The van der Waals surface area contributed by atoms with Gasteiger partial charge in [0.2, 0.25) is 0 Å². The summed E-state index contributed by atoms with van der Waals surface area (Å²) in [6.07, 6.45) is -0.0484. The summed E-state index contributed by atoms with van der Waals surface area (Å²) in [4.78, 5) is 14.6. The lowest BCUT2D eigenvalue weighted by atomic mass is 9.99. The molecular weight excluding hydrogens is 332 g/mol. The van der Waals surface area contributed by atoms with E-state index < -0.39 is 6.10 Å². The van der Waals surface area contributed by atoms with Gasteiger partial charge < -0.3 is 14.9 Å². The fourth-order valence-corrected chi connectivity index (χ4v) is 3.29. The third kappa shape index (κ3) is 3.77. The summed E-state index contributed by atoms with van der Waals surface area (Å²) in [6, 6.07) is 8.35. The van der Waals surface area contributed by atoms with Crippen molar-refractivity contribution < 1.29 is 14.4 Å². The van der Waals surface area contributed by atoms with Gasteiger partial charge in [0.05, 0.1) is 35.0 Å². The topological polar surface area (TPSA) is 102 Å². The molecule has 0 bridgehead atoms. The van der Waals surface area contributed by atoms with Crippen molar-refractivity contribution in [2.24, 2.45) is 0 Å². The van der Waals surface area contributed by atoms with Gasteiger partial charge in [-0.25, -0.2) is 0 Å². The van der Waals surface area contributed by atoms with Crippen LogP contribution in [0.3, 0.4) is 0 Å². The van der Waals surface area contributed by atoms with E-state index in [2.05, 4.69) is 15.4 Å². The third-order valence-electron chi connectivity index (χ3n) is 4.84. The Balaban J connectivity index is 1.61. The van der Waals surface area contributed by atoms with Gasteiger partial charge in [0.25, 0.3) is 5.91 Å². The van der Waals surface area contributed by atoms with Crippen molar-refractivity contribution in [3.05, 3.63) is 52.4 Å². The molecule has 26 heavy (non-hydrogen) atoms. The zero-order valence-corrected chi connectivity index (χ0v) is 14.9. The van der Waals surface area contributed by atoms with Crippen LogP contribution < -0.4 is 5.32 Å². The smallest absolute Gasteiger partial charge is 0.252 e. The second-order valence-electron chi connectivity index (χ2n) is 6.63. The number of aliphatic hydroxyl groups excluding tert-OH is 1. The van der Waals surface area contributed by atoms with Crippen LogP contribution in [0.1, 0.15) is 39.4 Å². The van der Waals surface area contributed by atoms with Crippen LogP contribution in [0.25, 0.3) is 0 Å². The Morgan fingerprint density at radius 3 is 2.88 bits per heavy atom. The van der Waals surface area contributed by atoms with Gasteiger partial charge in [0.15, 0.2) is 0 Å². The molecular formula is C19H22N4O3. The van der Waals surface area contributed by atoms with Crippen molar-refractivity contribution in [2.45, 2.75) is 39.0 Å². The standard InChI is InChI=1S/C19H22N4O3/c1-12-16(13(2)26-22-12)10-23-8-7-17(18(24)11-23)21-19(25)15-6-4-3-5-14(15)9-20/h3-6,17-18,24H,7-8,10-11H2,1-2H3,(H,21,25)/t17-,18-/m0/s1. The molecule has 1 fully saturated rings. The summed E-state index contributed by atoms with van der Waals surface area (Å²) in [6.45, 7) is 5.64. The molecule has 2 N–H and O–H groups in total. The summed E-state index contributed by atoms with van der Waals surface area (Å²) in [5.41, 5.74) is 2.57. The molecule has 2 atom stereocenters. The van der Waals surface area contributed by atoms with Crippen molar-refractivity contribution in [1.82, 2.24) is 15.4 Å². The molecule has 1 aromatic carbocycles. The van der Waals surface area contributed by atoms with Gasteiger partial charge in [-0.2, -0.15) is 5.26 Å². The van der Waals surface area contributed by atoms with Crippen LogP contribution >= 0.6 is 0 Å². The van der Waals surface area contributed by atoms with E-state index in [1.54, 1.807) is 24.3 Å². The number of nitriles is 1. The number of nitrogens with zero attached hydrogens (tertiary/aromatic N) is 3. The fourth-order valence-electron chi connectivity index (χ4n) is 3.29. The lowest BCUT2D eigenvalue weighted by Crippen LogP contribution is -2.53. The highest BCUT2D eigenvalue weighted by Crippen LogP contribution is 2.19. The molecule has 136 valence electrons. The predicted molar refractivity (Wildman–Crippen MR) is 94.3 cm³/mol. The van der Waals surface area contributed by atoms with Gasteiger partial charge in [-0.1, -0.05) is 17.3 Å². The zero-order valence-electron chi connectivity index (χ0n) is 14.9. The van der Waals surface area contributed by atoms with E-state index in [-0.39, 0.29) is 11.9 Å². The number of benzene rings is 1. The van der Waals surface area contributed by atoms with E-state index in [0.29, 0.717) is 30.6 Å². The molecule has 1 aliphatic rings. The Hall–Kier alpha value is -2.69. The van der Waals surface area contributed by atoms with Crippen LogP contribution in [0, 0.1) is 25.2 Å². The predicted octanol–water partition coefficient (Wildman–Crippen LogP) is 1.53. The number of rotatable bonds is 4. The molecule has 1 aliphatic heterocycles. The van der Waals surface area contributed by atoms with Gasteiger partial charge in [-0.15, -0.1) is 0 Å². The lowest BCUT2D eigenvalue weighted by molar-refractivity contribution is 0.0347. The molecule has 0 aliphatic carbocycles. The van der Waals surface area contributed by atoms with Crippen molar-refractivity contribution in [3.63, 3.8) is 0 Å². The highest BCUT2D eigenvalue weighted by atomic mass is 16.5. The highest BCUT2D eigenvalue weighted by Gasteiger charge is 2.30. The molecule has 1 saturated heterocycles. The first-order chi connectivity index (χ1) is 12.5. The Kier molecular flexibility index (Phi) is 5.35. The monoisotopic (exact) mass is 354 g/mol. The first kappa shape index (κ1) is 18.1. The number of likely N-dealkylation sites (tertiary alicyclic amines) is 1. The largest absolute Gasteiger partial charge is 0.390 e. The molecule has 0 spiro atoms. The molecule has 7 heteroatoms. The summed E-state index contributed by atoms with van der Waals surface area (Å²) in [5.74, 6) is 0.464. The van der Waals surface area contributed by atoms with Crippen LogP contribution in [-0.2, 0) is 6.54 Å². The number of aromatic nitrogens is 1. The van der Waals surface area contributed by atoms with Gasteiger partial charge in [0.1, 0.15) is 5.76 Å². The molecule has 2 aromatic rings. The van der Waals surface area contributed by atoms with Crippen LogP contribution in [0.5, 0.6) is 0 Å². The number of amides is 1. The highest BCUT2D eigenvalue weighted by molar-refractivity contribution is 5.96. The van der Waals surface area contributed by atoms with E-state index in [1.807, 2.05) is 19.9 Å². The molecule has 0 radical (unpaired) electrons. The molecule has 0 unspecified atom stereocenters. The second-order valence-corrected chi connectivity index (χ2v) is 6.63. The van der Waals surface area contributed by atoms with Crippen molar-refractivity contribution >= 4 is 5.91 Å². The average molecular weight is 354 g/mol. The maximum Gasteiger partial charge on any atom is 0.252 e. The van der Waals surface area contributed by atoms with Crippen LogP contribution in [-0.4, -0.2) is 46.3 Å². The maximum absolute atomic E-state index is 12.5. The Labute approximate surface area is 152 Å². The summed E-state index contributed by atoms with van der Waals surface area (Å²) < 4.78 is 5.19. The molecule has 7 nitrogen and oxygen atoms in total. The Morgan fingerprint density at radius 2 is 2.23 bits per heavy atom. The molecule has 1 aromatic heterocycles. The summed E-state index contributed by atoms with van der Waals surface area (Å²) in [7, 11) is 0. The number of carbonyl (C=O) groups excluding carboxylic acids is 1. The minimum absolute atomic E-state index is 0.328. The lowest BCUT2D eigenvalue weighted by Gasteiger charge is -2.36.